The lowest BCUT2D eigenvalue weighted by atomic mass is 10.2. The third-order valence-corrected chi connectivity index (χ3v) is 2.27. The second kappa shape index (κ2) is 4.17. The number of benzene rings is 1. The molecule has 0 radical (unpaired) electrons. The number of aromatic amines is 1. The van der Waals surface area contributed by atoms with Gasteiger partial charge in [0.25, 0.3) is 0 Å². The molecule has 0 aliphatic carbocycles. The molecule has 16 heavy (non-hydrogen) atoms. The highest BCUT2D eigenvalue weighted by Crippen LogP contribution is 2.24. The van der Waals surface area contributed by atoms with Crippen molar-refractivity contribution in [2.75, 3.05) is 6.61 Å². The van der Waals surface area contributed by atoms with Gasteiger partial charge < -0.3 is 9.72 Å². The van der Waals surface area contributed by atoms with Crippen molar-refractivity contribution in [2.45, 2.75) is 13.5 Å². The Labute approximate surface area is 90.0 Å². The summed E-state index contributed by atoms with van der Waals surface area (Å²) in [7, 11) is 0. The lowest BCUT2D eigenvalue weighted by Crippen LogP contribution is -1.91. The molecule has 2 aromatic rings. The number of ether oxygens (including phenoxy) is 1. The number of aromatic nitrogens is 1. The molecule has 0 saturated carbocycles. The van der Waals surface area contributed by atoms with Gasteiger partial charge in [0.1, 0.15) is 5.82 Å². The van der Waals surface area contributed by atoms with Gasteiger partial charge in [0.05, 0.1) is 12.1 Å². The Morgan fingerprint density at radius 2 is 1.94 bits per heavy atom. The summed E-state index contributed by atoms with van der Waals surface area (Å²) in [6.07, 6.45) is 0. The number of hydrogen-bond acceptors (Lipinski definition) is 1. The van der Waals surface area contributed by atoms with E-state index in [0.717, 1.165) is 0 Å². The summed E-state index contributed by atoms with van der Waals surface area (Å²) in [4.78, 5) is 2.66. The van der Waals surface area contributed by atoms with Crippen LogP contribution in [-0.4, -0.2) is 11.6 Å². The van der Waals surface area contributed by atoms with E-state index >= 15 is 0 Å². The number of nitrogens with one attached hydrogen (secondary N) is 1. The molecule has 0 fully saturated rings. The lowest BCUT2D eigenvalue weighted by Gasteiger charge is -1.96. The maximum atomic E-state index is 13.3. The van der Waals surface area contributed by atoms with Gasteiger partial charge in [-0.1, -0.05) is 0 Å². The van der Waals surface area contributed by atoms with E-state index in [1.54, 1.807) is 0 Å². The van der Waals surface area contributed by atoms with Crippen LogP contribution in [0.4, 0.5) is 13.2 Å². The van der Waals surface area contributed by atoms with Crippen LogP contribution in [0.1, 0.15) is 12.6 Å². The van der Waals surface area contributed by atoms with E-state index < -0.39 is 17.5 Å². The minimum absolute atomic E-state index is 0.0337. The topological polar surface area (TPSA) is 25.0 Å². The predicted octanol–water partition coefficient (Wildman–Crippen LogP) is 3.12. The Bertz CT molecular complexity index is 521. The van der Waals surface area contributed by atoms with Crippen LogP contribution < -0.4 is 0 Å². The molecule has 0 spiro atoms. The molecule has 0 unspecified atom stereocenters. The van der Waals surface area contributed by atoms with E-state index in [4.69, 9.17) is 4.74 Å². The molecule has 1 aromatic heterocycles. The molecule has 0 saturated heterocycles. The maximum absolute atomic E-state index is 13.3. The molecule has 0 atom stereocenters. The van der Waals surface area contributed by atoms with Crippen molar-refractivity contribution in [2.24, 2.45) is 0 Å². The fourth-order valence-corrected chi connectivity index (χ4v) is 1.54. The van der Waals surface area contributed by atoms with E-state index in [9.17, 15) is 13.2 Å². The number of rotatable bonds is 3. The summed E-state index contributed by atoms with van der Waals surface area (Å²) < 4.78 is 44.6. The van der Waals surface area contributed by atoms with Crippen LogP contribution in [0.25, 0.3) is 10.9 Å². The van der Waals surface area contributed by atoms with Crippen LogP contribution in [0.3, 0.4) is 0 Å². The van der Waals surface area contributed by atoms with Crippen LogP contribution in [0, 0.1) is 17.5 Å². The van der Waals surface area contributed by atoms with Crippen LogP contribution in [0.5, 0.6) is 0 Å². The summed E-state index contributed by atoms with van der Waals surface area (Å²) in [5, 5.41) is -0.0906. The largest absolute Gasteiger partial charge is 0.376 e. The molecule has 0 aliphatic heterocycles. The van der Waals surface area contributed by atoms with E-state index in [1.165, 1.54) is 6.07 Å². The summed E-state index contributed by atoms with van der Waals surface area (Å²) in [6, 6.07) is 1.88. The van der Waals surface area contributed by atoms with Crippen LogP contribution in [0.15, 0.2) is 12.1 Å². The van der Waals surface area contributed by atoms with Crippen molar-refractivity contribution < 1.29 is 17.9 Å². The third kappa shape index (κ3) is 1.78. The van der Waals surface area contributed by atoms with Gasteiger partial charge in [0, 0.05) is 23.8 Å². The van der Waals surface area contributed by atoms with Crippen molar-refractivity contribution in [1.82, 2.24) is 4.98 Å². The fraction of sp³-hybridized carbons (Fsp3) is 0.273. The Kier molecular flexibility index (Phi) is 2.87. The predicted molar refractivity (Wildman–Crippen MR) is 53.5 cm³/mol. The van der Waals surface area contributed by atoms with Gasteiger partial charge in [-0.05, 0) is 13.0 Å². The molecule has 86 valence electrons. The number of H-pyrrole nitrogens is 1. The van der Waals surface area contributed by atoms with Gasteiger partial charge in [-0.3, -0.25) is 0 Å². The highest BCUT2D eigenvalue weighted by molar-refractivity contribution is 5.81. The van der Waals surface area contributed by atoms with Gasteiger partial charge in [-0.2, -0.15) is 0 Å². The summed E-state index contributed by atoms with van der Waals surface area (Å²) in [6.45, 7) is 2.52. The summed E-state index contributed by atoms with van der Waals surface area (Å²) in [5.41, 5.74) is 0.480. The first-order chi connectivity index (χ1) is 7.63. The minimum Gasteiger partial charge on any atom is -0.376 e. The highest BCUT2D eigenvalue weighted by atomic mass is 19.2. The molecule has 0 aliphatic rings. The first-order valence-electron chi connectivity index (χ1n) is 4.86. The number of halogens is 3. The van der Waals surface area contributed by atoms with E-state index in [2.05, 4.69) is 4.98 Å². The van der Waals surface area contributed by atoms with Crippen molar-refractivity contribution in [3.8, 4) is 0 Å². The molecule has 0 amide bonds. The van der Waals surface area contributed by atoms with E-state index in [1.807, 2.05) is 6.92 Å². The summed E-state index contributed by atoms with van der Waals surface area (Å²) in [5.74, 6) is -3.04. The number of hydrogen-bond donors (Lipinski definition) is 1. The van der Waals surface area contributed by atoms with Gasteiger partial charge in [0.15, 0.2) is 11.6 Å². The van der Waals surface area contributed by atoms with Crippen molar-refractivity contribution in [1.29, 1.82) is 0 Å². The third-order valence-electron chi connectivity index (χ3n) is 2.27. The fourth-order valence-electron chi connectivity index (χ4n) is 1.54. The lowest BCUT2D eigenvalue weighted by molar-refractivity contribution is 0.132. The van der Waals surface area contributed by atoms with Crippen LogP contribution in [-0.2, 0) is 11.3 Å². The normalized spacial score (nSPS) is 11.2. The minimum atomic E-state index is -1.19. The Morgan fingerprint density at radius 1 is 1.19 bits per heavy atom. The SMILES string of the molecule is CCOCc1cc2c(F)c(F)cc(F)c2[nH]1. The van der Waals surface area contributed by atoms with Crippen LogP contribution in [0.2, 0.25) is 0 Å². The molecule has 2 nitrogen and oxygen atoms in total. The maximum Gasteiger partial charge on any atom is 0.168 e. The molecular weight excluding hydrogens is 219 g/mol. The van der Waals surface area contributed by atoms with E-state index in [0.29, 0.717) is 18.4 Å². The Morgan fingerprint density at radius 3 is 2.62 bits per heavy atom. The van der Waals surface area contributed by atoms with Gasteiger partial charge in [-0.15, -0.1) is 0 Å². The second-order valence-corrected chi connectivity index (χ2v) is 3.37. The second-order valence-electron chi connectivity index (χ2n) is 3.37. The molecule has 1 heterocycles. The smallest absolute Gasteiger partial charge is 0.168 e. The zero-order valence-corrected chi connectivity index (χ0v) is 8.61. The number of fused-ring (bicyclic) bond motifs is 1. The standard InChI is InChI=1S/C11H10F3NO/c1-2-16-5-6-3-7-10(14)8(12)4-9(13)11(7)15-6/h3-4,15H,2,5H2,1H3. The molecule has 1 N–H and O–H groups in total. The van der Waals surface area contributed by atoms with Gasteiger partial charge in [-0.25, -0.2) is 13.2 Å². The quantitative estimate of drug-likeness (QED) is 0.803. The average molecular weight is 229 g/mol. The molecule has 0 bridgehead atoms. The molecule has 1 aromatic carbocycles. The van der Waals surface area contributed by atoms with Gasteiger partial charge in [0.2, 0.25) is 0 Å². The zero-order valence-electron chi connectivity index (χ0n) is 8.61. The molecule has 2 rings (SSSR count). The van der Waals surface area contributed by atoms with Crippen molar-refractivity contribution in [3.63, 3.8) is 0 Å². The Hall–Kier alpha value is -1.49. The monoisotopic (exact) mass is 229 g/mol. The highest BCUT2D eigenvalue weighted by Gasteiger charge is 2.14. The molecule has 5 heteroatoms. The first-order valence-corrected chi connectivity index (χ1v) is 4.86. The van der Waals surface area contributed by atoms with Crippen LogP contribution >= 0.6 is 0 Å². The zero-order chi connectivity index (χ0) is 11.7. The summed E-state index contributed by atoms with van der Waals surface area (Å²) >= 11 is 0. The average Bonchev–Trinajstić information content (AvgIpc) is 2.68. The first kappa shape index (κ1) is 11.0. The van der Waals surface area contributed by atoms with E-state index in [-0.39, 0.29) is 17.5 Å². The van der Waals surface area contributed by atoms with Gasteiger partial charge >= 0.3 is 0 Å². The van der Waals surface area contributed by atoms with Crippen molar-refractivity contribution >= 4 is 10.9 Å². The van der Waals surface area contributed by atoms with Crippen molar-refractivity contribution in [3.05, 3.63) is 35.3 Å². The Balaban J connectivity index is 2.52. The molecular formula is C11H10F3NO.